The Labute approximate surface area is 127 Å². The number of aromatic carboxylic acids is 1. The third-order valence-electron chi connectivity index (χ3n) is 3.04. The number of halogens is 1. The Kier molecular flexibility index (Phi) is 4.46. The lowest BCUT2D eigenvalue weighted by Crippen LogP contribution is -2.05. The van der Waals surface area contributed by atoms with Crippen LogP contribution < -0.4 is 4.74 Å². The van der Waals surface area contributed by atoms with Crippen molar-refractivity contribution in [1.82, 2.24) is 0 Å². The predicted molar refractivity (Wildman–Crippen MR) is 78.6 cm³/mol. The molecule has 0 amide bonds. The van der Waals surface area contributed by atoms with Gasteiger partial charge in [-0.15, -0.1) is 0 Å². The fraction of sp³-hybridized carbons (Fsp3) is 0.125. The van der Waals surface area contributed by atoms with Gasteiger partial charge < -0.3 is 9.84 Å². The molecule has 0 saturated heterocycles. The molecule has 4 nitrogen and oxygen atoms in total. The summed E-state index contributed by atoms with van der Waals surface area (Å²) < 4.78 is 5.57. The summed E-state index contributed by atoms with van der Waals surface area (Å²) in [6, 6.07) is 12.0. The second-order valence-corrected chi connectivity index (χ2v) is 4.87. The molecule has 0 bridgehead atoms. The summed E-state index contributed by atoms with van der Waals surface area (Å²) in [5.74, 6) is -0.911. The Balaban J connectivity index is 2.23. The van der Waals surface area contributed by atoms with E-state index in [-0.39, 0.29) is 22.9 Å². The maximum Gasteiger partial charge on any atom is 0.341 e. The predicted octanol–water partition coefficient (Wildman–Crippen LogP) is 3.80. The van der Waals surface area contributed by atoms with Gasteiger partial charge in [0.25, 0.3) is 0 Å². The van der Waals surface area contributed by atoms with Crippen LogP contribution in [-0.2, 0) is 6.61 Å². The quantitative estimate of drug-likeness (QED) is 0.932. The van der Waals surface area contributed by atoms with Gasteiger partial charge >= 0.3 is 5.97 Å². The molecule has 5 heteroatoms. The molecule has 0 fully saturated rings. The molecule has 2 rings (SSSR count). The molecule has 0 aromatic heterocycles. The summed E-state index contributed by atoms with van der Waals surface area (Å²) in [6.07, 6.45) is 0. The molecule has 21 heavy (non-hydrogen) atoms. The van der Waals surface area contributed by atoms with Crippen molar-refractivity contribution in [2.45, 2.75) is 13.5 Å². The van der Waals surface area contributed by atoms with Gasteiger partial charge in [0.1, 0.15) is 17.9 Å². The molecule has 106 valence electrons. The highest BCUT2D eigenvalue weighted by molar-refractivity contribution is 6.33. The van der Waals surface area contributed by atoms with E-state index < -0.39 is 5.97 Å². The number of hydrogen-bond donors (Lipinski definition) is 1. The number of nitriles is 1. The zero-order chi connectivity index (χ0) is 15.4. The van der Waals surface area contributed by atoms with Crippen molar-refractivity contribution in [3.8, 4) is 11.8 Å². The largest absolute Gasteiger partial charge is 0.488 e. The van der Waals surface area contributed by atoms with Gasteiger partial charge in [0.15, 0.2) is 0 Å². The van der Waals surface area contributed by atoms with Gasteiger partial charge in [-0.1, -0.05) is 23.7 Å². The summed E-state index contributed by atoms with van der Waals surface area (Å²) in [4.78, 5) is 11.2. The first-order valence-electron chi connectivity index (χ1n) is 6.17. The highest BCUT2D eigenvalue weighted by Crippen LogP contribution is 2.27. The van der Waals surface area contributed by atoms with Crippen molar-refractivity contribution in [1.29, 1.82) is 5.26 Å². The minimum Gasteiger partial charge on any atom is -0.488 e. The van der Waals surface area contributed by atoms with Crippen molar-refractivity contribution in [2.75, 3.05) is 0 Å². The molecule has 0 atom stereocenters. The Bertz CT molecular complexity index is 735. The Morgan fingerprint density at radius 1 is 1.38 bits per heavy atom. The number of carbonyl (C=O) groups is 1. The van der Waals surface area contributed by atoms with E-state index in [0.29, 0.717) is 5.56 Å². The van der Waals surface area contributed by atoms with E-state index in [4.69, 9.17) is 26.7 Å². The number of hydrogen-bond acceptors (Lipinski definition) is 3. The molecule has 1 N–H and O–H groups in total. The number of aryl methyl sites for hydroxylation is 1. The van der Waals surface area contributed by atoms with Gasteiger partial charge in [-0.2, -0.15) is 5.26 Å². The van der Waals surface area contributed by atoms with Gasteiger partial charge in [-0.3, -0.25) is 0 Å². The molecular formula is C16H12ClNO3. The highest BCUT2D eigenvalue weighted by Gasteiger charge is 2.15. The van der Waals surface area contributed by atoms with Crippen molar-refractivity contribution in [3.05, 3.63) is 63.7 Å². The topological polar surface area (TPSA) is 70.3 Å². The Morgan fingerprint density at radius 3 is 2.76 bits per heavy atom. The average molecular weight is 302 g/mol. The lowest BCUT2D eigenvalue weighted by Gasteiger charge is -2.12. The first-order chi connectivity index (χ1) is 10.0. The first kappa shape index (κ1) is 14.9. The zero-order valence-corrected chi connectivity index (χ0v) is 12.0. The van der Waals surface area contributed by atoms with Crippen LogP contribution in [0.4, 0.5) is 0 Å². The van der Waals surface area contributed by atoms with Crippen LogP contribution in [0.3, 0.4) is 0 Å². The lowest BCUT2D eigenvalue weighted by atomic mass is 10.1. The smallest absolute Gasteiger partial charge is 0.341 e. The van der Waals surface area contributed by atoms with Gasteiger partial charge in [0, 0.05) is 0 Å². The normalized spacial score (nSPS) is 9.95. The molecule has 2 aromatic rings. The molecule has 0 aliphatic carbocycles. The van der Waals surface area contributed by atoms with E-state index >= 15 is 0 Å². The van der Waals surface area contributed by atoms with Crippen molar-refractivity contribution in [2.24, 2.45) is 0 Å². The van der Waals surface area contributed by atoms with Crippen molar-refractivity contribution in [3.63, 3.8) is 0 Å². The summed E-state index contributed by atoms with van der Waals surface area (Å²) in [7, 11) is 0. The van der Waals surface area contributed by atoms with Crippen LogP contribution in [-0.4, -0.2) is 11.1 Å². The number of nitrogens with zero attached hydrogens (tertiary/aromatic N) is 1. The molecule has 0 saturated carbocycles. The summed E-state index contributed by atoms with van der Waals surface area (Å²) in [5.41, 5.74) is 2.31. The number of rotatable bonds is 4. The Morgan fingerprint density at radius 2 is 2.14 bits per heavy atom. The number of benzene rings is 2. The maximum absolute atomic E-state index is 11.2. The molecule has 2 aromatic carbocycles. The molecular weight excluding hydrogens is 290 g/mol. The average Bonchev–Trinajstić information content (AvgIpc) is 2.45. The van der Waals surface area contributed by atoms with Crippen molar-refractivity contribution >= 4 is 17.6 Å². The summed E-state index contributed by atoms with van der Waals surface area (Å²) >= 11 is 5.88. The fourth-order valence-electron chi connectivity index (χ4n) is 1.92. The van der Waals surface area contributed by atoms with E-state index in [9.17, 15) is 4.79 Å². The van der Waals surface area contributed by atoms with Crippen molar-refractivity contribution < 1.29 is 14.6 Å². The van der Waals surface area contributed by atoms with Crippen LogP contribution in [0, 0.1) is 18.3 Å². The molecule has 0 aliphatic heterocycles. The zero-order valence-electron chi connectivity index (χ0n) is 11.3. The van der Waals surface area contributed by atoms with E-state index in [2.05, 4.69) is 6.07 Å². The highest BCUT2D eigenvalue weighted by atomic mass is 35.5. The minimum atomic E-state index is -1.13. The van der Waals surface area contributed by atoms with E-state index in [1.807, 2.05) is 6.92 Å². The van der Waals surface area contributed by atoms with Gasteiger partial charge in [-0.25, -0.2) is 4.79 Å². The third kappa shape index (κ3) is 3.33. The second-order valence-electron chi connectivity index (χ2n) is 4.46. The van der Waals surface area contributed by atoms with Gasteiger partial charge in [-0.05, 0) is 42.3 Å². The first-order valence-corrected chi connectivity index (χ1v) is 6.55. The van der Waals surface area contributed by atoms with Crippen LogP contribution in [0.25, 0.3) is 0 Å². The number of carboxylic acids is 1. The van der Waals surface area contributed by atoms with Crippen LogP contribution in [0.15, 0.2) is 36.4 Å². The molecule has 0 heterocycles. The fourth-order valence-corrected chi connectivity index (χ4v) is 2.16. The van der Waals surface area contributed by atoms with Gasteiger partial charge in [0.05, 0.1) is 16.7 Å². The van der Waals surface area contributed by atoms with Crippen LogP contribution in [0.5, 0.6) is 5.75 Å². The Hall–Kier alpha value is -2.51. The summed E-state index contributed by atoms with van der Waals surface area (Å²) in [6.45, 7) is 2.08. The second kappa shape index (κ2) is 6.29. The standard InChI is InChI=1S/C16H12ClNO3/c1-10-7-11(8-18)5-6-12(10)9-21-14-4-2-3-13(17)15(14)16(19)20/h2-7H,9H2,1H3,(H,19,20). The van der Waals surface area contributed by atoms with Crippen LogP contribution >= 0.6 is 11.6 Å². The SMILES string of the molecule is Cc1cc(C#N)ccc1COc1cccc(Cl)c1C(=O)O. The summed E-state index contributed by atoms with van der Waals surface area (Å²) in [5, 5.41) is 18.1. The van der Waals surface area contributed by atoms with E-state index in [0.717, 1.165) is 11.1 Å². The third-order valence-corrected chi connectivity index (χ3v) is 3.36. The van der Waals surface area contributed by atoms with E-state index in [1.54, 1.807) is 30.3 Å². The van der Waals surface area contributed by atoms with Gasteiger partial charge in [0.2, 0.25) is 0 Å². The molecule has 0 radical (unpaired) electrons. The van der Waals surface area contributed by atoms with E-state index in [1.165, 1.54) is 6.07 Å². The van der Waals surface area contributed by atoms with Crippen LogP contribution in [0.2, 0.25) is 5.02 Å². The number of carboxylic acid groups (broad SMARTS) is 1. The van der Waals surface area contributed by atoms with Crippen LogP contribution in [0.1, 0.15) is 27.0 Å². The molecule has 0 aliphatic rings. The minimum absolute atomic E-state index is 0.0505. The molecule has 0 unspecified atom stereocenters. The lowest BCUT2D eigenvalue weighted by molar-refractivity contribution is 0.0692. The molecule has 0 spiro atoms. The maximum atomic E-state index is 11.2. The monoisotopic (exact) mass is 301 g/mol. The number of ether oxygens (including phenoxy) is 1.